The SMILES string of the molecule is CC(C)(Br)C(=O)OS(=O)O. The van der Waals surface area contributed by atoms with Crippen LogP contribution >= 0.6 is 15.9 Å². The van der Waals surface area contributed by atoms with Crippen LogP contribution in [0.5, 0.6) is 0 Å². The van der Waals surface area contributed by atoms with E-state index in [9.17, 15) is 9.00 Å². The number of hydrogen-bond acceptors (Lipinski definition) is 3. The maximum atomic E-state index is 10.7. The molecule has 0 saturated carbocycles. The number of alkyl halides is 1. The van der Waals surface area contributed by atoms with E-state index in [1.54, 1.807) is 0 Å². The van der Waals surface area contributed by atoms with Gasteiger partial charge in [-0.15, -0.1) is 0 Å². The van der Waals surface area contributed by atoms with E-state index in [1.807, 2.05) is 0 Å². The molecule has 0 aromatic rings. The minimum absolute atomic E-state index is 0.770. The summed E-state index contributed by atoms with van der Waals surface area (Å²) in [5.41, 5.74) is 0. The van der Waals surface area contributed by atoms with Gasteiger partial charge in [-0.3, -0.25) is 4.55 Å². The fourth-order valence-electron chi connectivity index (χ4n) is 0.164. The average molecular weight is 231 g/mol. The van der Waals surface area contributed by atoms with Crippen molar-refractivity contribution in [2.75, 3.05) is 0 Å². The Morgan fingerprint density at radius 3 is 2.20 bits per heavy atom. The van der Waals surface area contributed by atoms with Crippen molar-refractivity contribution in [3.63, 3.8) is 0 Å². The highest BCUT2D eigenvalue weighted by molar-refractivity contribution is 9.10. The summed E-state index contributed by atoms with van der Waals surface area (Å²) in [6.07, 6.45) is 0. The lowest BCUT2D eigenvalue weighted by molar-refractivity contribution is -0.135. The third kappa shape index (κ3) is 3.97. The van der Waals surface area contributed by atoms with Crippen molar-refractivity contribution in [2.45, 2.75) is 18.2 Å². The lowest BCUT2D eigenvalue weighted by atomic mass is 10.2. The summed E-state index contributed by atoms with van der Waals surface area (Å²) in [5, 5.41) is 0. The summed E-state index contributed by atoms with van der Waals surface area (Å²) in [6, 6.07) is 0. The predicted molar refractivity (Wildman–Crippen MR) is 39.9 cm³/mol. The molecule has 0 saturated heterocycles. The molecule has 0 bridgehead atoms. The Balaban J connectivity index is 3.99. The molecule has 1 N–H and O–H groups in total. The maximum absolute atomic E-state index is 10.7. The van der Waals surface area contributed by atoms with Crippen LogP contribution in [0.4, 0.5) is 0 Å². The Labute approximate surface area is 69.6 Å². The van der Waals surface area contributed by atoms with E-state index in [0.29, 0.717) is 0 Å². The minimum Gasteiger partial charge on any atom is -0.342 e. The molecule has 0 aliphatic rings. The van der Waals surface area contributed by atoms with Gasteiger partial charge in [0.1, 0.15) is 4.32 Å². The van der Waals surface area contributed by atoms with Crippen LogP contribution in [0.15, 0.2) is 0 Å². The number of halogens is 1. The number of rotatable bonds is 2. The van der Waals surface area contributed by atoms with E-state index in [-0.39, 0.29) is 0 Å². The fraction of sp³-hybridized carbons (Fsp3) is 0.750. The number of hydrogen-bond donors (Lipinski definition) is 1. The Hall–Kier alpha value is 0.0600. The van der Waals surface area contributed by atoms with E-state index in [0.717, 1.165) is 0 Å². The Morgan fingerprint density at radius 2 is 2.10 bits per heavy atom. The Bertz CT molecular complexity index is 161. The highest BCUT2D eigenvalue weighted by Crippen LogP contribution is 2.17. The van der Waals surface area contributed by atoms with Crippen LogP contribution < -0.4 is 0 Å². The van der Waals surface area contributed by atoms with E-state index in [2.05, 4.69) is 20.1 Å². The smallest absolute Gasteiger partial charge is 0.342 e. The van der Waals surface area contributed by atoms with Crippen LogP contribution in [0.2, 0.25) is 0 Å². The van der Waals surface area contributed by atoms with Gasteiger partial charge >= 0.3 is 17.3 Å². The zero-order valence-electron chi connectivity index (χ0n) is 5.46. The highest BCUT2D eigenvalue weighted by Gasteiger charge is 2.27. The van der Waals surface area contributed by atoms with Crippen LogP contribution in [0.3, 0.4) is 0 Å². The van der Waals surface area contributed by atoms with Crippen molar-refractivity contribution in [3.8, 4) is 0 Å². The zero-order chi connectivity index (χ0) is 8.36. The first kappa shape index (κ1) is 10.1. The lowest BCUT2D eigenvalue weighted by Gasteiger charge is -2.10. The molecule has 0 rings (SSSR count). The van der Waals surface area contributed by atoms with Crippen LogP contribution in [-0.4, -0.2) is 19.1 Å². The van der Waals surface area contributed by atoms with E-state index < -0.39 is 21.7 Å². The molecule has 1 atom stereocenters. The van der Waals surface area contributed by atoms with Gasteiger partial charge < -0.3 is 4.18 Å². The van der Waals surface area contributed by atoms with E-state index >= 15 is 0 Å². The zero-order valence-corrected chi connectivity index (χ0v) is 7.86. The molecule has 1 unspecified atom stereocenters. The molecule has 0 aliphatic carbocycles. The topological polar surface area (TPSA) is 63.6 Å². The number of carbonyl (C=O) groups is 1. The number of carbonyl (C=O) groups excluding carboxylic acids is 1. The van der Waals surface area contributed by atoms with Crippen molar-refractivity contribution in [1.82, 2.24) is 0 Å². The second kappa shape index (κ2) is 3.45. The van der Waals surface area contributed by atoms with Gasteiger partial charge in [0.15, 0.2) is 0 Å². The second-order valence-electron chi connectivity index (χ2n) is 2.06. The summed E-state index contributed by atoms with van der Waals surface area (Å²) < 4.78 is 21.0. The van der Waals surface area contributed by atoms with Crippen molar-refractivity contribution in [3.05, 3.63) is 0 Å². The average Bonchev–Trinajstić information content (AvgIpc) is 1.60. The normalized spacial score (nSPS) is 14.4. The summed E-state index contributed by atoms with van der Waals surface area (Å²) in [4.78, 5) is 10.7. The fourth-order valence-corrected chi connectivity index (χ4v) is 0.690. The minimum atomic E-state index is -2.52. The molecule has 6 heteroatoms. The second-order valence-corrected chi connectivity index (χ2v) is 4.64. The molecule has 0 amide bonds. The molecule has 0 radical (unpaired) electrons. The van der Waals surface area contributed by atoms with Gasteiger partial charge in [0.25, 0.3) is 0 Å². The first-order chi connectivity index (χ1) is 4.34. The molecule has 0 fully saturated rings. The van der Waals surface area contributed by atoms with E-state index in [4.69, 9.17) is 4.55 Å². The third-order valence-corrected chi connectivity index (χ3v) is 1.25. The monoisotopic (exact) mass is 230 g/mol. The van der Waals surface area contributed by atoms with Gasteiger partial charge in [-0.2, -0.15) is 4.21 Å². The maximum Gasteiger partial charge on any atom is 0.360 e. The van der Waals surface area contributed by atoms with Gasteiger partial charge in [0.2, 0.25) is 0 Å². The highest BCUT2D eigenvalue weighted by atomic mass is 79.9. The summed E-state index contributed by atoms with van der Waals surface area (Å²) in [6.45, 7) is 3.03. The van der Waals surface area contributed by atoms with Crippen LogP contribution in [0.25, 0.3) is 0 Å². The molecule has 60 valence electrons. The predicted octanol–water partition coefficient (Wildman–Crippen LogP) is 0.840. The largest absolute Gasteiger partial charge is 0.360 e. The van der Waals surface area contributed by atoms with Crippen LogP contribution in [-0.2, 0) is 20.3 Å². The molecule has 0 heterocycles. The molecular weight excluding hydrogens is 224 g/mol. The van der Waals surface area contributed by atoms with Gasteiger partial charge in [-0.1, -0.05) is 15.9 Å². The molecule has 0 aliphatic heterocycles. The van der Waals surface area contributed by atoms with Gasteiger partial charge in [0.05, 0.1) is 0 Å². The summed E-state index contributed by atoms with van der Waals surface area (Å²) in [7, 11) is 0. The van der Waals surface area contributed by atoms with Crippen molar-refractivity contribution in [2.24, 2.45) is 0 Å². The molecule has 4 nitrogen and oxygen atoms in total. The van der Waals surface area contributed by atoms with Gasteiger partial charge in [0, 0.05) is 0 Å². The van der Waals surface area contributed by atoms with E-state index in [1.165, 1.54) is 13.8 Å². The molecule has 10 heavy (non-hydrogen) atoms. The van der Waals surface area contributed by atoms with Crippen molar-refractivity contribution >= 4 is 33.3 Å². The first-order valence-electron chi connectivity index (χ1n) is 2.36. The molecule has 0 aromatic carbocycles. The quantitative estimate of drug-likeness (QED) is 0.565. The Morgan fingerprint density at radius 1 is 1.70 bits per heavy atom. The molecule has 0 spiro atoms. The van der Waals surface area contributed by atoms with Crippen molar-refractivity contribution < 1.29 is 17.7 Å². The summed E-state index contributed by atoms with van der Waals surface area (Å²) >= 11 is 0.431. The first-order valence-corrected chi connectivity index (χ1v) is 4.19. The van der Waals surface area contributed by atoms with Crippen LogP contribution in [0.1, 0.15) is 13.8 Å². The standard InChI is InChI=1S/C4H7BrO4S/c1-4(2,5)3(6)9-10(7)8/h1-2H3,(H,7,8). The molecule has 0 aromatic heterocycles. The van der Waals surface area contributed by atoms with Crippen LogP contribution in [0, 0.1) is 0 Å². The third-order valence-electron chi connectivity index (χ3n) is 0.632. The summed E-state index contributed by atoms with van der Waals surface area (Å²) in [5.74, 6) is -0.770. The Kier molecular flexibility index (Phi) is 3.47. The lowest BCUT2D eigenvalue weighted by Crippen LogP contribution is -2.27. The molecular formula is C4H7BrO4S. The van der Waals surface area contributed by atoms with Crippen molar-refractivity contribution in [1.29, 1.82) is 0 Å². The van der Waals surface area contributed by atoms with Gasteiger partial charge in [-0.25, -0.2) is 4.79 Å². The van der Waals surface area contributed by atoms with Gasteiger partial charge in [-0.05, 0) is 13.8 Å².